The lowest BCUT2D eigenvalue weighted by atomic mass is 9.88. The number of hydrogen-bond donors (Lipinski definition) is 0. The Morgan fingerprint density at radius 2 is 2.15 bits per heavy atom. The van der Waals surface area contributed by atoms with Crippen molar-refractivity contribution >= 4 is 23.0 Å². The van der Waals surface area contributed by atoms with Gasteiger partial charge >= 0.3 is 0 Å². The molecule has 3 nitrogen and oxygen atoms in total. The third kappa shape index (κ3) is 3.34. The highest BCUT2D eigenvalue weighted by Gasteiger charge is 2.33. The molecule has 78 valence electrons. The molecular formula is C9H18INO2. The van der Waals surface area contributed by atoms with E-state index in [0.717, 1.165) is 25.7 Å². The standard InChI is InChI=1S/C9H18INO2/c1-3-11(4-5-12-2)8-6-9(7-8)13-10/h8-9H,3-7H2,1-2H3. The quantitative estimate of drug-likeness (QED) is 0.699. The maximum Gasteiger partial charge on any atom is 0.110 e. The molecule has 1 aliphatic rings. The largest absolute Gasteiger partial charge is 0.383 e. The minimum atomic E-state index is 0.488. The highest BCUT2D eigenvalue weighted by atomic mass is 127. The smallest absolute Gasteiger partial charge is 0.110 e. The number of methoxy groups -OCH3 is 1. The van der Waals surface area contributed by atoms with Crippen molar-refractivity contribution in [1.29, 1.82) is 0 Å². The minimum Gasteiger partial charge on any atom is -0.383 e. The van der Waals surface area contributed by atoms with Crippen LogP contribution in [0.5, 0.6) is 0 Å². The van der Waals surface area contributed by atoms with Gasteiger partial charge in [-0.15, -0.1) is 0 Å². The predicted octanol–water partition coefficient (Wildman–Crippen LogP) is 1.85. The molecule has 0 aromatic rings. The number of nitrogens with zero attached hydrogens (tertiary/aromatic N) is 1. The predicted molar refractivity (Wildman–Crippen MR) is 61.0 cm³/mol. The second kappa shape index (κ2) is 6.16. The van der Waals surface area contributed by atoms with Gasteiger partial charge in [-0.05, 0) is 19.4 Å². The topological polar surface area (TPSA) is 21.7 Å². The lowest BCUT2D eigenvalue weighted by Crippen LogP contribution is -2.48. The van der Waals surface area contributed by atoms with Crippen LogP contribution in [-0.4, -0.2) is 43.9 Å². The van der Waals surface area contributed by atoms with Crippen LogP contribution in [0.2, 0.25) is 0 Å². The first-order valence-electron chi connectivity index (χ1n) is 4.82. The van der Waals surface area contributed by atoms with Gasteiger partial charge in [-0.25, -0.2) is 0 Å². The molecule has 0 heterocycles. The number of hydrogen-bond acceptors (Lipinski definition) is 3. The van der Waals surface area contributed by atoms with E-state index in [1.807, 2.05) is 23.0 Å². The summed E-state index contributed by atoms with van der Waals surface area (Å²) in [4.78, 5) is 2.47. The zero-order valence-electron chi connectivity index (χ0n) is 8.33. The van der Waals surface area contributed by atoms with E-state index in [9.17, 15) is 0 Å². The first kappa shape index (κ1) is 11.7. The fourth-order valence-electron chi connectivity index (χ4n) is 1.72. The van der Waals surface area contributed by atoms with Crippen LogP contribution < -0.4 is 0 Å². The van der Waals surface area contributed by atoms with E-state index < -0.39 is 0 Å². The molecule has 0 amide bonds. The van der Waals surface area contributed by atoms with Crippen LogP contribution in [0.15, 0.2) is 0 Å². The lowest BCUT2D eigenvalue weighted by Gasteiger charge is -2.41. The van der Waals surface area contributed by atoms with Gasteiger partial charge in [0.1, 0.15) is 23.0 Å². The Labute approximate surface area is 94.5 Å². The van der Waals surface area contributed by atoms with Crippen molar-refractivity contribution in [1.82, 2.24) is 4.90 Å². The van der Waals surface area contributed by atoms with E-state index in [-0.39, 0.29) is 0 Å². The molecule has 1 aliphatic carbocycles. The first-order chi connectivity index (χ1) is 6.31. The Morgan fingerprint density at radius 3 is 2.62 bits per heavy atom. The number of likely N-dealkylation sites (N-methyl/N-ethyl adjacent to an activating group) is 1. The highest BCUT2D eigenvalue weighted by Crippen LogP contribution is 2.29. The Bertz CT molecular complexity index is 140. The van der Waals surface area contributed by atoms with E-state index >= 15 is 0 Å². The molecule has 1 rings (SSSR count). The normalized spacial score (nSPS) is 27.7. The SMILES string of the molecule is CCN(CCOC)C1CC(OI)C1. The van der Waals surface area contributed by atoms with Gasteiger partial charge in [0.15, 0.2) is 0 Å². The third-order valence-electron chi connectivity index (χ3n) is 2.70. The van der Waals surface area contributed by atoms with Crippen LogP contribution in [0.3, 0.4) is 0 Å². The van der Waals surface area contributed by atoms with Crippen molar-refractivity contribution in [3.63, 3.8) is 0 Å². The van der Waals surface area contributed by atoms with Crippen molar-refractivity contribution in [3.8, 4) is 0 Å². The molecule has 0 aromatic heterocycles. The zero-order valence-corrected chi connectivity index (χ0v) is 10.5. The lowest BCUT2D eigenvalue weighted by molar-refractivity contribution is 0.0288. The summed E-state index contributed by atoms with van der Waals surface area (Å²) in [5.41, 5.74) is 0. The Morgan fingerprint density at radius 1 is 1.46 bits per heavy atom. The van der Waals surface area contributed by atoms with Crippen molar-refractivity contribution in [2.45, 2.75) is 31.9 Å². The first-order valence-corrected chi connectivity index (χ1v) is 5.70. The molecule has 0 aliphatic heterocycles. The molecule has 0 unspecified atom stereocenters. The van der Waals surface area contributed by atoms with E-state index in [2.05, 4.69) is 11.8 Å². The third-order valence-corrected chi connectivity index (χ3v) is 3.42. The second-order valence-corrected chi connectivity index (χ2v) is 3.97. The van der Waals surface area contributed by atoms with Gasteiger partial charge in [-0.1, -0.05) is 6.92 Å². The zero-order chi connectivity index (χ0) is 9.68. The summed E-state index contributed by atoms with van der Waals surface area (Å²) in [5.74, 6) is 0. The highest BCUT2D eigenvalue weighted by molar-refractivity contribution is 14.1. The molecule has 0 aromatic carbocycles. The Kier molecular flexibility index (Phi) is 5.54. The van der Waals surface area contributed by atoms with Crippen molar-refractivity contribution in [2.75, 3.05) is 26.8 Å². The van der Waals surface area contributed by atoms with Gasteiger partial charge in [-0.3, -0.25) is 4.90 Å². The van der Waals surface area contributed by atoms with Crippen LogP contribution >= 0.6 is 23.0 Å². The van der Waals surface area contributed by atoms with Gasteiger partial charge in [-0.2, -0.15) is 0 Å². The van der Waals surface area contributed by atoms with E-state index in [0.29, 0.717) is 6.10 Å². The van der Waals surface area contributed by atoms with Gasteiger partial charge in [0.25, 0.3) is 0 Å². The summed E-state index contributed by atoms with van der Waals surface area (Å²) < 4.78 is 10.3. The molecule has 13 heavy (non-hydrogen) atoms. The van der Waals surface area contributed by atoms with E-state index in [1.165, 1.54) is 12.8 Å². The van der Waals surface area contributed by atoms with E-state index in [4.69, 9.17) is 7.80 Å². The fourth-order valence-corrected chi connectivity index (χ4v) is 2.13. The molecule has 1 saturated carbocycles. The average Bonchev–Trinajstić information content (AvgIpc) is 2.08. The molecule has 0 bridgehead atoms. The summed E-state index contributed by atoms with van der Waals surface area (Å²) in [6, 6.07) is 0.722. The molecule has 4 heteroatoms. The summed E-state index contributed by atoms with van der Waals surface area (Å²) in [5, 5.41) is 0. The Hall–Kier alpha value is 0.610. The number of halogens is 1. The monoisotopic (exact) mass is 299 g/mol. The van der Waals surface area contributed by atoms with Crippen LogP contribution in [-0.2, 0) is 7.80 Å². The van der Waals surface area contributed by atoms with Crippen LogP contribution in [0.25, 0.3) is 0 Å². The van der Waals surface area contributed by atoms with Gasteiger partial charge < -0.3 is 7.80 Å². The summed E-state index contributed by atoms with van der Waals surface area (Å²) in [6.07, 6.45) is 2.85. The van der Waals surface area contributed by atoms with Gasteiger partial charge in [0.2, 0.25) is 0 Å². The number of rotatable bonds is 6. The van der Waals surface area contributed by atoms with Gasteiger partial charge in [0, 0.05) is 19.7 Å². The average molecular weight is 299 g/mol. The van der Waals surface area contributed by atoms with Crippen molar-refractivity contribution in [3.05, 3.63) is 0 Å². The molecule has 0 radical (unpaired) electrons. The minimum absolute atomic E-state index is 0.488. The summed E-state index contributed by atoms with van der Waals surface area (Å²) >= 11 is 2.00. The van der Waals surface area contributed by atoms with Crippen LogP contribution in [0.1, 0.15) is 19.8 Å². The van der Waals surface area contributed by atoms with Gasteiger partial charge in [0.05, 0.1) is 12.7 Å². The summed E-state index contributed by atoms with van der Waals surface area (Å²) in [7, 11) is 1.76. The van der Waals surface area contributed by atoms with Crippen LogP contribution in [0.4, 0.5) is 0 Å². The molecule has 0 N–H and O–H groups in total. The summed E-state index contributed by atoms with van der Waals surface area (Å²) in [6.45, 7) is 5.20. The number of ether oxygens (including phenoxy) is 1. The Balaban J connectivity index is 2.17. The molecule has 0 atom stereocenters. The van der Waals surface area contributed by atoms with E-state index in [1.54, 1.807) is 7.11 Å². The van der Waals surface area contributed by atoms with Crippen molar-refractivity contribution in [2.24, 2.45) is 0 Å². The second-order valence-electron chi connectivity index (χ2n) is 3.46. The maximum absolute atomic E-state index is 5.23. The fraction of sp³-hybridized carbons (Fsp3) is 1.00. The maximum atomic E-state index is 5.23. The molecule has 1 fully saturated rings. The molecular weight excluding hydrogens is 281 g/mol. The molecule has 0 spiro atoms. The van der Waals surface area contributed by atoms with Crippen LogP contribution in [0, 0.1) is 0 Å². The van der Waals surface area contributed by atoms with Crippen molar-refractivity contribution < 1.29 is 7.80 Å². The molecule has 0 saturated heterocycles.